The molecule has 0 radical (unpaired) electrons. The molecule has 0 fully saturated rings. The van der Waals surface area contributed by atoms with Gasteiger partial charge in [0.05, 0.1) is 22.6 Å². The normalized spacial score (nSPS) is 16.1. The fraction of sp³-hybridized carbons (Fsp3) is 0.143. The molecule has 0 aromatic heterocycles. The largest absolute Gasteiger partial charge is 0.417 e. The number of rotatable bonds is 2. The van der Waals surface area contributed by atoms with Crippen LogP contribution in [0, 0.1) is 0 Å². The summed E-state index contributed by atoms with van der Waals surface area (Å²) < 4.78 is 39.4. The number of allylic oxidation sites excluding steroid dienone is 4. The maximum Gasteiger partial charge on any atom is 0.417 e. The third kappa shape index (κ3) is 1.84. The molecule has 0 bridgehead atoms. The molecule has 2 aliphatic rings. The molecule has 0 saturated carbocycles. The van der Waals surface area contributed by atoms with Gasteiger partial charge in [-0.1, -0.05) is 18.2 Å². The molecule has 1 aliphatic carbocycles. The number of nitrogens with one attached hydrogen (secondary N) is 1. The summed E-state index contributed by atoms with van der Waals surface area (Å²) in [6, 6.07) is 2.20. The quantitative estimate of drug-likeness (QED) is 0.823. The first-order valence-electron chi connectivity index (χ1n) is 5.92. The Balaban J connectivity index is 2.27. The van der Waals surface area contributed by atoms with Gasteiger partial charge in [-0.15, -0.1) is 0 Å². The maximum atomic E-state index is 13.1. The molecule has 0 atom stereocenters. The van der Waals surface area contributed by atoms with Crippen LogP contribution in [-0.4, -0.2) is 12.1 Å². The van der Waals surface area contributed by atoms with Gasteiger partial charge in [-0.2, -0.15) is 13.2 Å². The number of alkyl halides is 3. The van der Waals surface area contributed by atoms with Crippen LogP contribution in [0.4, 0.5) is 24.5 Å². The number of hydrogen-bond donors (Lipinski definition) is 1. The molecule has 1 aromatic carbocycles. The number of amides is 1. The molecule has 0 spiro atoms. The third-order valence-corrected chi connectivity index (χ3v) is 3.23. The van der Waals surface area contributed by atoms with Crippen molar-refractivity contribution in [1.29, 1.82) is 0 Å². The van der Waals surface area contributed by atoms with E-state index in [0.29, 0.717) is 24.1 Å². The van der Waals surface area contributed by atoms with Crippen LogP contribution in [0.1, 0.15) is 17.5 Å². The second kappa shape index (κ2) is 4.33. The summed E-state index contributed by atoms with van der Waals surface area (Å²) in [5.41, 5.74) is 0.841. The number of nitrogens with zero attached hydrogens (tertiary/aromatic N) is 1. The summed E-state index contributed by atoms with van der Waals surface area (Å²) in [5, 5.41) is 2.39. The number of hydrogen-bond acceptors (Lipinski definition) is 2. The summed E-state index contributed by atoms with van der Waals surface area (Å²) in [6.45, 7) is 0. The number of fused-ring (bicyclic) bond motifs is 3. The first kappa shape index (κ1) is 12.7. The van der Waals surface area contributed by atoms with Gasteiger partial charge < -0.3 is 5.32 Å². The van der Waals surface area contributed by atoms with E-state index in [-0.39, 0.29) is 16.9 Å². The molecule has 6 heteroatoms. The fourth-order valence-corrected chi connectivity index (χ4v) is 2.41. The zero-order valence-electron chi connectivity index (χ0n) is 10.2. The number of halogens is 3. The zero-order chi connectivity index (χ0) is 14.3. The van der Waals surface area contributed by atoms with Crippen molar-refractivity contribution in [2.24, 2.45) is 4.99 Å². The second-order valence-electron chi connectivity index (χ2n) is 4.42. The van der Waals surface area contributed by atoms with Crippen LogP contribution in [0.3, 0.4) is 0 Å². The number of carbonyl (C=O) groups excluding carboxylic acids is 1. The van der Waals surface area contributed by atoms with Crippen molar-refractivity contribution in [2.75, 3.05) is 5.32 Å². The Morgan fingerprint density at radius 3 is 2.80 bits per heavy atom. The monoisotopic (exact) mass is 278 g/mol. The first-order chi connectivity index (χ1) is 9.52. The Hall–Kier alpha value is -2.37. The Kier molecular flexibility index (Phi) is 2.74. The average Bonchev–Trinajstić information content (AvgIpc) is 2.78. The van der Waals surface area contributed by atoms with E-state index in [0.717, 1.165) is 6.07 Å². The first-order valence-corrected chi connectivity index (χ1v) is 5.92. The molecule has 102 valence electrons. The van der Waals surface area contributed by atoms with Crippen molar-refractivity contribution in [1.82, 2.24) is 0 Å². The van der Waals surface area contributed by atoms with E-state index in [1.807, 2.05) is 6.08 Å². The molecule has 1 N–H and O–H groups in total. The minimum atomic E-state index is -4.46. The number of carbonyl (C=O) groups is 1. The van der Waals surface area contributed by atoms with Gasteiger partial charge in [0, 0.05) is 17.6 Å². The lowest BCUT2D eigenvalue weighted by Gasteiger charge is -2.15. The lowest BCUT2D eigenvalue weighted by Crippen LogP contribution is -2.10. The minimum absolute atomic E-state index is 0.0451. The van der Waals surface area contributed by atoms with Crippen LogP contribution in [-0.2, 0) is 11.0 Å². The van der Waals surface area contributed by atoms with E-state index in [1.54, 1.807) is 12.2 Å². The molecular weight excluding hydrogens is 269 g/mol. The van der Waals surface area contributed by atoms with E-state index in [9.17, 15) is 18.0 Å². The summed E-state index contributed by atoms with van der Waals surface area (Å²) in [6.07, 6.45) is 1.61. The molecule has 20 heavy (non-hydrogen) atoms. The van der Waals surface area contributed by atoms with Crippen molar-refractivity contribution in [2.45, 2.75) is 12.6 Å². The van der Waals surface area contributed by atoms with Crippen molar-refractivity contribution >= 4 is 29.1 Å². The van der Waals surface area contributed by atoms with Crippen molar-refractivity contribution in [3.8, 4) is 0 Å². The molecule has 3 rings (SSSR count). The van der Waals surface area contributed by atoms with Crippen LogP contribution in [0.5, 0.6) is 0 Å². The Bertz CT molecular complexity index is 684. The smallest absolute Gasteiger partial charge is 0.327 e. The highest BCUT2D eigenvalue weighted by Gasteiger charge is 2.38. The van der Waals surface area contributed by atoms with Gasteiger partial charge in [0.15, 0.2) is 0 Å². The molecular formula is C14H9F3N2O. The highest BCUT2D eigenvalue weighted by atomic mass is 19.4. The molecule has 0 unspecified atom stereocenters. The van der Waals surface area contributed by atoms with Gasteiger partial charge in [0.1, 0.15) is 0 Å². The van der Waals surface area contributed by atoms with E-state index in [1.165, 1.54) is 6.07 Å². The Morgan fingerprint density at radius 2 is 2.10 bits per heavy atom. The third-order valence-electron chi connectivity index (χ3n) is 3.23. The lowest BCUT2D eigenvalue weighted by molar-refractivity contribution is -0.137. The van der Waals surface area contributed by atoms with Crippen molar-refractivity contribution in [3.05, 3.63) is 41.5 Å². The van der Waals surface area contributed by atoms with Gasteiger partial charge in [-0.25, -0.2) is 4.99 Å². The number of aliphatic imine (C=N–C) groups is 1. The molecule has 0 saturated heterocycles. The predicted octanol–water partition coefficient (Wildman–Crippen LogP) is 3.70. The fourth-order valence-electron chi connectivity index (χ4n) is 2.41. The summed E-state index contributed by atoms with van der Waals surface area (Å²) in [7, 11) is 0. The van der Waals surface area contributed by atoms with Crippen LogP contribution < -0.4 is 5.32 Å². The van der Waals surface area contributed by atoms with E-state index >= 15 is 0 Å². The number of anilines is 1. The number of benzene rings is 1. The molecule has 1 aliphatic heterocycles. The molecule has 1 aromatic rings. The summed E-state index contributed by atoms with van der Waals surface area (Å²) >= 11 is 0. The topological polar surface area (TPSA) is 41.5 Å². The maximum absolute atomic E-state index is 13.1. The van der Waals surface area contributed by atoms with Gasteiger partial charge in [-0.05, 0) is 12.1 Å². The minimum Gasteiger partial charge on any atom is -0.327 e. The van der Waals surface area contributed by atoms with Gasteiger partial charge >= 0.3 is 6.18 Å². The summed E-state index contributed by atoms with van der Waals surface area (Å²) in [4.78, 5) is 14.8. The Labute approximate surface area is 112 Å². The van der Waals surface area contributed by atoms with Crippen LogP contribution in [0.2, 0.25) is 0 Å². The van der Waals surface area contributed by atoms with Crippen LogP contribution in [0.25, 0.3) is 5.57 Å². The zero-order valence-corrected chi connectivity index (χ0v) is 10.2. The van der Waals surface area contributed by atoms with Crippen LogP contribution >= 0.6 is 0 Å². The predicted molar refractivity (Wildman–Crippen MR) is 70.0 cm³/mol. The van der Waals surface area contributed by atoms with E-state index in [4.69, 9.17) is 0 Å². The van der Waals surface area contributed by atoms with Gasteiger partial charge in [0.2, 0.25) is 6.41 Å². The van der Waals surface area contributed by atoms with Crippen molar-refractivity contribution in [3.63, 3.8) is 0 Å². The van der Waals surface area contributed by atoms with E-state index in [2.05, 4.69) is 10.3 Å². The highest BCUT2D eigenvalue weighted by molar-refractivity contribution is 6.31. The standard InChI is InChI=1S/C14H9F3N2O/c15-14(16,17)9-5-6-11(18-7-20)13-12(9)8-3-1-2-4-10(8)19-13/h1-3,5-7H,4H2,(H,18,20). The van der Waals surface area contributed by atoms with Crippen molar-refractivity contribution < 1.29 is 18.0 Å². The lowest BCUT2D eigenvalue weighted by atomic mass is 9.92. The summed E-state index contributed by atoms with van der Waals surface area (Å²) in [5.74, 6) is 0. The molecule has 1 heterocycles. The van der Waals surface area contributed by atoms with Crippen LogP contribution in [0.15, 0.2) is 35.4 Å². The molecule has 3 nitrogen and oxygen atoms in total. The SMILES string of the molecule is O=CNc1ccc(C(F)(F)F)c2c1N=C1CC=CC=C12. The average molecular weight is 278 g/mol. The highest BCUT2D eigenvalue weighted by Crippen LogP contribution is 2.48. The van der Waals surface area contributed by atoms with Gasteiger partial charge in [0.25, 0.3) is 0 Å². The van der Waals surface area contributed by atoms with Gasteiger partial charge in [-0.3, -0.25) is 4.79 Å². The second-order valence-corrected chi connectivity index (χ2v) is 4.42. The molecule has 1 amide bonds. The van der Waals surface area contributed by atoms with E-state index < -0.39 is 11.7 Å². The Morgan fingerprint density at radius 1 is 1.30 bits per heavy atom.